The monoisotopic (exact) mass is 253 g/mol. The zero-order chi connectivity index (χ0) is 12.7. The number of hydrogen-bond acceptors (Lipinski definition) is 1. The number of carbonyl (C=O) groups excluding carboxylic acids is 1. The second-order valence-electron chi connectivity index (χ2n) is 4.10. The van der Waals surface area contributed by atoms with Gasteiger partial charge in [-0.1, -0.05) is 31.4 Å². The van der Waals surface area contributed by atoms with Crippen molar-refractivity contribution in [2.24, 2.45) is 0 Å². The summed E-state index contributed by atoms with van der Waals surface area (Å²) < 4.78 is 0. The Morgan fingerprint density at radius 1 is 1.18 bits per heavy atom. The van der Waals surface area contributed by atoms with Crippen LogP contribution in [0.15, 0.2) is 24.3 Å². The summed E-state index contributed by atoms with van der Waals surface area (Å²) in [6.07, 6.45) is 3.42. The summed E-state index contributed by atoms with van der Waals surface area (Å²) in [5.74, 6) is 0.0975. The van der Waals surface area contributed by atoms with Crippen LogP contribution in [0, 0.1) is 0 Å². The molecule has 1 aromatic carbocycles. The Morgan fingerprint density at radius 2 is 1.82 bits per heavy atom. The van der Waals surface area contributed by atoms with Gasteiger partial charge in [-0.3, -0.25) is 4.79 Å². The SMILES string of the molecule is CCCCCN(CC)C(=O)c1ccc(Cl)cc1. The smallest absolute Gasteiger partial charge is 0.253 e. The van der Waals surface area contributed by atoms with E-state index in [9.17, 15) is 4.79 Å². The van der Waals surface area contributed by atoms with Crippen molar-refractivity contribution in [3.8, 4) is 0 Å². The van der Waals surface area contributed by atoms with Crippen molar-refractivity contribution in [1.29, 1.82) is 0 Å². The number of carbonyl (C=O) groups is 1. The molecule has 1 rings (SSSR count). The highest BCUT2D eigenvalue weighted by atomic mass is 35.5. The Kier molecular flexibility index (Phi) is 6.06. The maximum Gasteiger partial charge on any atom is 0.253 e. The van der Waals surface area contributed by atoms with Gasteiger partial charge in [-0.05, 0) is 37.6 Å². The first kappa shape index (κ1) is 14.0. The maximum atomic E-state index is 12.2. The van der Waals surface area contributed by atoms with Gasteiger partial charge in [0.05, 0.1) is 0 Å². The van der Waals surface area contributed by atoms with E-state index in [1.165, 1.54) is 12.8 Å². The number of halogens is 1. The topological polar surface area (TPSA) is 20.3 Å². The molecule has 3 heteroatoms. The van der Waals surface area contributed by atoms with E-state index in [0.29, 0.717) is 10.6 Å². The first-order valence-electron chi connectivity index (χ1n) is 6.23. The Bertz CT molecular complexity index is 348. The summed E-state index contributed by atoms with van der Waals surface area (Å²) in [4.78, 5) is 14.1. The second kappa shape index (κ2) is 7.33. The quantitative estimate of drug-likeness (QED) is 0.702. The number of amides is 1. The van der Waals surface area contributed by atoms with Crippen LogP contribution >= 0.6 is 11.6 Å². The third-order valence-corrected chi connectivity index (χ3v) is 3.04. The molecule has 0 fully saturated rings. The lowest BCUT2D eigenvalue weighted by Gasteiger charge is -2.20. The number of benzene rings is 1. The Morgan fingerprint density at radius 3 is 2.35 bits per heavy atom. The third kappa shape index (κ3) is 4.39. The summed E-state index contributed by atoms with van der Waals surface area (Å²) in [5.41, 5.74) is 0.716. The highest BCUT2D eigenvalue weighted by Gasteiger charge is 2.13. The van der Waals surface area contributed by atoms with Crippen LogP contribution in [-0.2, 0) is 0 Å². The molecule has 1 aromatic rings. The van der Waals surface area contributed by atoms with Crippen molar-refractivity contribution >= 4 is 17.5 Å². The standard InChI is InChI=1S/C14H20ClNO/c1-3-5-6-11-16(4-2)14(17)12-7-9-13(15)10-8-12/h7-10H,3-6,11H2,1-2H3. The third-order valence-electron chi connectivity index (χ3n) is 2.79. The van der Waals surface area contributed by atoms with Crippen molar-refractivity contribution in [2.75, 3.05) is 13.1 Å². The fourth-order valence-electron chi connectivity index (χ4n) is 1.73. The van der Waals surface area contributed by atoms with E-state index in [1.807, 2.05) is 11.8 Å². The van der Waals surface area contributed by atoms with E-state index in [0.717, 1.165) is 19.5 Å². The minimum atomic E-state index is 0.0975. The van der Waals surface area contributed by atoms with Gasteiger partial charge in [-0.2, -0.15) is 0 Å². The molecular weight excluding hydrogens is 234 g/mol. The molecule has 2 nitrogen and oxygen atoms in total. The Balaban J connectivity index is 2.62. The molecular formula is C14H20ClNO. The van der Waals surface area contributed by atoms with Gasteiger partial charge >= 0.3 is 0 Å². The van der Waals surface area contributed by atoms with E-state index in [4.69, 9.17) is 11.6 Å². The maximum absolute atomic E-state index is 12.2. The predicted octanol–water partition coefficient (Wildman–Crippen LogP) is 3.99. The molecule has 0 saturated heterocycles. The lowest BCUT2D eigenvalue weighted by atomic mass is 10.2. The number of nitrogens with zero attached hydrogens (tertiary/aromatic N) is 1. The highest BCUT2D eigenvalue weighted by Crippen LogP contribution is 2.12. The molecule has 0 atom stereocenters. The molecule has 0 aliphatic carbocycles. The minimum absolute atomic E-state index is 0.0975. The number of rotatable bonds is 6. The van der Waals surface area contributed by atoms with E-state index in [-0.39, 0.29) is 5.91 Å². The van der Waals surface area contributed by atoms with Crippen molar-refractivity contribution < 1.29 is 4.79 Å². The average Bonchev–Trinajstić information content (AvgIpc) is 2.35. The molecule has 0 aromatic heterocycles. The van der Waals surface area contributed by atoms with Crippen molar-refractivity contribution in [3.63, 3.8) is 0 Å². The van der Waals surface area contributed by atoms with Crippen LogP contribution < -0.4 is 0 Å². The summed E-state index contributed by atoms with van der Waals surface area (Å²) >= 11 is 5.81. The normalized spacial score (nSPS) is 10.3. The van der Waals surface area contributed by atoms with Crippen LogP contribution in [0.25, 0.3) is 0 Å². The Labute approximate surface area is 109 Å². The van der Waals surface area contributed by atoms with Gasteiger partial charge in [-0.25, -0.2) is 0 Å². The molecule has 0 N–H and O–H groups in total. The number of unbranched alkanes of at least 4 members (excludes halogenated alkanes) is 2. The molecule has 0 aliphatic heterocycles. The molecule has 0 saturated carbocycles. The Hall–Kier alpha value is -1.02. The molecule has 0 spiro atoms. The predicted molar refractivity (Wildman–Crippen MR) is 72.6 cm³/mol. The first-order valence-corrected chi connectivity index (χ1v) is 6.61. The average molecular weight is 254 g/mol. The van der Waals surface area contributed by atoms with Gasteiger partial charge in [0.25, 0.3) is 5.91 Å². The van der Waals surface area contributed by atoms with Gasteiger partial charge in [0, 0.05) is 23.7 Å². The summed E-state index contributed by atoms with van der Waals surface area (Å²) in [6, 6.07) is 7.09. The molecule has 94 valence electrons. The zero-order valence-corrected chi connectivity index (χ0v) is 11.3. The molecule has 1 amide bonds. The van der Waals surface area contributed by atoms with E-state index in [2.05, 4.69) is 6.92 Å². The van der Waals surface area contributed by atoms with Crippen LogP contribution in [-0.4, -0.2) is 23.9 Å². The van der Waals surface area contributed by atoms with Gasteiger partial charge < -0.3 is 4.90 Å². The van der Waals surface area contributed by atoms with Gasteiger partial charge in [0.15, 0.2) is 0 Å². The van der Waals surface area contributed by atoms with E-state index >= 15 is 0 Å². The van der Waals surface area contributed by atoms with Crippen molar-refractivity contribution in [3.05, 3.63) is 34.9 Å². The van der Waals surface area contributed by atoms with Gasteiger partial charge in [0.1, 0.15) is 0 Å². The molecule has 17 heavy (non-hydrogen) atoms. The second-order valence-corrected chi connectivity index (χ2v) is 4.54. The zero-order valence-electron chi connectivity index (χ0n) is 10.6. The van der Waals surface area contributed by atoms with Crippen LogP contribution in [0.3, 0.4) is 0 Å². The minimum Gasteiger partial charge on any atom is -0.339 e. The van der Waals surface area contributed by atoms with E-state index < -0.39 is 0 Å². The summed E-state index contributed by atoms with van der Waals surface area (Å²) in [5, 5.41) is 0.663. The van der Waals surface area contributed by atoms with E-state index in [1.54, 1.807) is 24.3 Å². The fraction of sp³-hybridized carbons (Fsp3) is 0.500. The summed E-state index contributed by atoms with van der Waals surface area (Å²) in [7, 11) is 0. The fourth-order valence-corrected chi connectivity index (χ4v) is 1.86. The molecule has 0 unspecified atom stereocenters. The molecule has 0 heterocycles. The lowest BCUT2D eigenvalue weighted by molar-refractivity contribution is 0.0761. The highest BCUT2D eigenvalue weighted by molar-refractivity contribution is 6.30. The molecule has 0 radical (unpaired) electrons. The van der Waals surface area contributed by atoms with Crippen LogP contribution in [0.1, 0.15) is 43.5 Å². The first-order chi connectivity index (χ1) is 8.19. The van der Waals surface area contributed by atoms with Crippen LogP contribution in [0.5, 0.6) is 0 Å². The molecule has 0 bridgehead atoms. The largest absolute Gasteiger partial charge is 0.339 e. The lowest BCUT2D eigenvalue weighted by Crippen LogP contribution is -2.31. The van der Waals surface area contributed by atoms with Crippen molar-refractivity contribution in [2.45, 2.75) is 33.1 Å². The van der Waals surface area contributed by atoms with Crippen LogP contribution in [0.2, 0.25) is 5.02 Å². The van der Waals surface area contributed by atoms with Gasteiger partial charge in [0.2, 0.25) is 0 Å². The molecule has 0 aliphatic rings. The number of hydrogen-bond donors (Lipinski definition) is 0. The summed E-state index contributed by atoms with van der Waals surface area (Å²) in [6.45, 7) is 5.77. The van der Waals surface area contributed by atoms with Gasteiger partial charge in [-0.15, -0.1) is 0 Å². The van der Waals surface area contributed by atoms with Crippen molar-refractivity contribution in [1.82, 2.24) is 4.90 Å². The van der Waals surface area contributed by atoms with Crippen LogP contribution in [0.4, 0.5) is 0 Å².